The molecule has 2 aromatic carbocycles. The number of nitrogens with zero attached hydrogens (tertiary/aromatic N) is 1. The number of hydrogen-bond acceptors (Lipinski definition) is 3. The number of hydrogen-bond donors (Lipinski definition) is 1. The van der Waals surface area contributed by atoms with Crippen LogP contribution in [0.5, 0.6) is 0 Å². The Labute approximate surface area is 192 Å². The molecule has 0 radical (unpaired) electrons. The highest BCUT2D eigenvalue weighted by molar-refractivity contribution is 7.10. The van der Waals surface area contributed by atoms with Gasteiger partial charge in [-0.15, -0.1) is 11.3 Å². The summed E-state index contributed by atoms with van der Waals surface area (Å²) in [6.45, 7) is 4.59. The van der Waals surface area contributed by atoms with Gasteiger partial charge in [-0.25, -0.2) is 9.18 Å². The predicted molar refractivity (Wildman–Crippen MR) is 125 cm³/mol. The van der Waals surface area contributed by atoms with E-state index in [0.717, 1.165) is 59.5 Å². The molecule has 1 atom stereocenters. The highest BCUT2D eigenvalue weighted by atomic mass is 32.1. The average molecular weight is 452 g/mol. The fraction of sp³-hybridized carbons (Fsp3) is 0.346. The topological polar surface area (TPSA) is 38.3 Å². The van der Waals surface area contributed by atoms with Crippen molar-refractivity contribution in [2.45, 2.75) is 32.0 Å². The minimum absolute atomic E-state index is 0.0350. The van der Waals surface area contributed by atoms with E-state index in [0.29, 0.717) is 12.5 Å². The van der Waals surface area contributed by atoms with Crippen molar-refractivity contribution in [1.29, 1.82) is 0 Å². The molecular weight excluding hydrogens is 423 g/mol. The van der Waals surface area contributed by atoms with Crippen molar-refractivity contribution in [3.8, 4) is 11.1 Å². The van der Waals surface area contributed by atoms with E-state index in [4.69, 9.17) is 4.74 Å². The molecule has 166 valence electrons. The minimum atomic E-state index is -0.361. The van der Waals surface area contributed by atoms with Gasteiger partial charge in [0, 0.05) is 29.2 Å². The van der Waals surface area contributed by atoms with E-state index in [2.05, 4.69) is 35.6 Å². The molecule has 4 heterocycles. The number of alkyl carbamates (subject to hydrolysis) is 1. The number of rotatable bonds is 6. The lowest BCUT2D eigenvalue weighted by atomic mass is 9.83. The number of carbonyl (C=O) groups excluding carboxylic acids is 1. The van der Waals surface area contributed by atoms with Gasteiger partial charge in [0.05, 0.1) is 19.6 Å². The smallest absolute Gasteiger partial charge is 0.407 e. The molecule has 2 bridgehead atoms. The van der Waals surface area contributed by atoms with E-state index in [-0.39, 0.29) is 18.0 Å². The SMILES string of the molecule is O=C(NCc1sccc1-c1cccc(F)c1)OC1C[N+]2(Cc3ccccc3)CCC1CC2. The maximum Gasteiger partial charge on any atom is 0.407 e. The van der Waals surface area contributed by atoms with Crippen molar-refractivity contribution in [2.75, 3.05) is 19.6 Å². The molecule has 32 heavy (non-hydrogen) atoms. The molecule has 6 rings (SSSR count). The molecule has 4 nitrogen and oxygen atoms in total. The van der Waals surface area contributed by atoms with Crippen LogP contribution in [0.25, 0.3) is 11.1 Å². The van der Waals surface area contributed by atoms with E-state index in [1.54, 1.807) is 17.4 Å². The molecule has 3 saturated heterocycles. The number of benzene rings is 2. The zero-order chi connectivity index (χ0) is 22.0. The summed E-state index contributed by atoms with van der Waals surface area (Å²) in [4.78, 5) is 13.6. The molecule has 3 aliphatic rings. The third-order valence-electron chi connectivity index (χ3n) is 6.94. The van der Waals surface area contributed by atoms with Gasteiger partial charge in [-0.3, -0.25) is 0 Å². The van der Waals surface area contributed by atoms with Gasteiger partial charge in [-0.1, -0.05) is 42.5 Å². The summed E-state index contributed by atoms with van der Waals surface area (Å²) in [5.74, 6) is 0.197. The molecule has 3 fully saturated rings. The van der Waals surface area contributed by atoms with Gasteiger partial charge in [0.15, 0.2) is 6.10 Å². The van der Waals surface area contributed by atoms with Crippen LogP contribution in [-0.4, -0.2) is 36.3 Å². The number of halogens is 1. The van der Waals surface area contributed by atoms with Gasteiger partial charge < -0.3 is 14.5 Å². The van der Waals surface area contributed by atoms with Crippen LogP contribution in [0.3, 0.4) is 0 Å². The van der Waals surface area contributed by atoms with E-state index in [1.807, 2.05) is 17.5 Å². The lowest BCUT2D eigenvalue weighted by molar-refractivity contribution is -0.958. The minimum Gasteiger partial charge on any atom is -0.440 e. The van der Waals surface area contributed by atoms with Gasteiger partial charge in [0.1, 0.15) is 18.9 Å². The van der Waals surface area contributed by atoms with E-state index in [9.17, 15) is 9.18 Å². The number of fused-ring (bicyclic) bond motifs is 3. The summed E-state index contributed by atoms with van der Waals surface area (Å²) < 4.78 is 20.6. The lowest BCUT2D eigenvalue weighted by Crippen LogP contribution is -2.64. The second kappa shape index (κ2) is 9.04. The van der Waals surface area contributed by atoms with Crippen LogP contribution in [0.2, 0.25) is 0 Å². The van der Waals surface area contributed by atoms with Crippen molar-refractivity contribution < 1.29 is 18.4 Å². The molecular formula is C26H28FN2O2S+. The van der Waals surface area contributed by atoms with Crippen LogP contribution in [0.15, 0.2) is 66.0 Å². The first-order chi connectivity index (χ1) is 15.6. The van der Waals surface area contributed by atoms with Crippen molar-refractivity contribution >= 4 is 17.4 Å². The number of piperidine rings is 3. The van der Waals surface area contributed by atoms with Crippen LogP contribution in [0.4, 0.5) is 9.18 Å². The molecule has 1 N–H and O–H groups in total. The molecule has 1 amide bonds. The second-order valence-corrected chi connectivity index (χ2v) is 10.0. The fourth-order valence-electron chi connectivity index (χ4n) is 5.27. The maximum absolute atomic E-state index is 13.6. The van der Waals surface area contributed by atoms with Crippen molar-refractivity contribution in [3.05, 3.63) is 82.3 Å². The number of quaternary nitrogens is 1. The summed E-state index contributed by atoms with van der Waals surface area (Å²) in [5.41, 5.74) is 3.12. The Kier molecular flexibility index (Phi) is 5.98. The second-order valence-electron chi connectivity index (χ2n) is 9.02. The Morgan fingerprint density at radius 1 is 1.09 bits per heavy atom. The number of amides is 1. The highest BCUT2D eigenvalue weighted by Gasteiger charge is 2.47. The normalized spacial score (nSPS) is 24.3. The van der Waals surface area contributed by atoms with Gasteiger partial charge in [-0.05, 0) is 34.7 Å². The summed E-state index contributed by atoms with van der Waals surface area (Å²) in [6, 6.07) is 19.1. The van der Waals surface area contributed by atoms with Crippen molar-refractivity contribution in [2.24, 2.45) is 5.92 Å². The molecule has 3 aromatic rings. The average Bonchev–Trinajstić information content (AvgIpc) is 3.28. The maximum atomic E-state index is 13.6. The molecule has 0 aliphatic carbocycles. The summed E-state index contributed by atoms with van der Waals surface area (Å²) in [6.07, 6.45) is 1.83. The molecule has 0 spiro atoms. The fourth-order valence-corrected chi connectivity index (χ4v) is 6.11. The van der Waals surface area contributed by atoms with E-state index < -0.39 is 0 Å². The van der Waals surface area contributed by atoms with Gasteiger partial charge in [0.2, 0.25) is 0 Å². The molecule has 0 saturated carbocycles. The van der Waals surface area contributed by atoms with Crippen LogP contribution < -0.4 is 5.32 Å². The Hall–Kier alpha value is -2.70. The first-order valence-corrected chi connectivity index (χ1v) is 12.1. The zero-order valence-corrected chi connectivity index (χ0v) is 18.8. The van der Waals surface area contributed by atoms with E-state index >= 15 is 0 Å². The molecule has 1 aromatic heterocycles. The Morgan fingerprint density at radius 2 is 1.91 bits per heavy atom. The molecule has 6 heteroatoms. The zero-order valence-electron chi connectivity index (χ0n) is 18.0. The number of carbonyl (C=O) groups is 1. The van der Waals surface area contributed by atoms with E-state index in [1.165, 1.54) is 17.7 Å². The summed E-state index contributed by atoms with van der Waals surface area (Å²) in [5, 5.41) is 4.89. The van der Waals surface area contributed by atoms with Gasteiger partial charge in [0.25, 0.3) is 0 Å². The molecule has 3 aliphatic heterocycles. The Morgan fingerprint density at radius 3 is 2.69 bits per heavy atom. The Balaban J connectivity index is 1.20. The lowest BCUT2D eigenvalue weighted by Gasteiger charge is -2.52. The van der Waals surface area contributed by atoms with Gasteiger partial charge >= 0.3 is 6.09 Å². The molecule has 1 unspecified atom stereocenters. The first kappa shape index (κ1) is 21.2. The number of nitrogens with one attached hydrogen (secondary N) is 1. The van der Waals surface area contributed by atoms with Crippen LogP contribution in [-0.2, 0) is 17.8 Å². The largest absolute Gasteiger partial charge is 0.440 e. The van der Waals surface area contributed by atoms with Crippen LogP contribution >= 0.6 is 11.3 Å². The summed E-state index contributed by atoms with van der Waals surface area (Å²) >= 11 is 1.56. The quantitative estimate of drug-likeness (QED) is 0.496. The van der Waals surface area contributed by atoms with Crippen LogP contribution in [0.1, 0.15) is 23.3 Å². The highest BCUT2D eigenvalue weighted by Crippen LogP contribution is 2.37. The third-order valence-corrected chi connectivity index (χ3v) is 7.86. The van der Waals surface area contributed by atoms with Gasteiger partial charge in [-0.2, -0.15) is 0 Å². The monoisotopic (exact) mass is 451 g/mol. The number of thiophene rings is 1. The van der Waals surface area contributed by atoms with Crippen LogP contribution in [0, 0.1) is 11.7 Å². The standard InChI is InChI=1S/C26H27FN2O2S/c27-22-8-4-7-21(15-22)23-11-14-32-25(23)16-28-26(30)31-24-18-29(12-9-20(24)10-13-29)17-19-5-2-1-3-6-19/h1-8,11,14-15,20,24H,9-10,12-13,16-18H2/p+1. The first-order valence-electron chi connectivity index (χ1n) is 11.3. The predicted octanol–water partition coefficient (Wildman–Crippen LogP) is 5.59. The third kappa shape index (κ3) is 4.57. The van der Waals surface area contributed by atoms with Crippen molar-refractivity contribution in [1.82, 2.24) is 5.32 Å². The summed E-state index contributed by atoms with van der Waals surface area (Å²) in [7, 11) is 0. The van der Waals surface area contributed by atoms with Crippen molar-refractivity contribution in [3.63, 3.8) is 0 Å². The number of ether oxygens (including phenoxy) is 1. The Bertz CT molecular complexity index is 1080.